The molecule has 0 amide bonds. The van der Waals surface area contributed by atoms with E-state index >= 15 is 0 Å². The van der Waals surface area contributed by atoms with E-state index in [4.69, 9.17) is 10.5 Å². The molecule has 0 N–H and O–H groups in total. The normalized spacial score (nSPS) is 9.90. The average molecular weight is 258 g/mol. The summed E-state index contributed by atoms with van der Waals surface area (Å²) >= 11 is 0. The number of hydrogen-bond acceptors (Lipinski definition) is 3. The van der Waals surface area contributed by atoms with Crippen LogP contribution in [0.3, 0.4) is 0 Å². The van der Waals surface area contributed by atoms with E-state index in [2.05, 4.69) is 0 Å². The van der Waals surface area contributed by atoms with Crippen LogP contribution in [0, 0.1) is 22.7 Å². The maximum Gasteiger partial charge on any atom is 0.185 e. The summed E-state index contributed by atoms with van der Waals surface area (Å²) in [4.78, 5) is 11.9. The molecule has 2 rings (SSSR count). The minimum atomic E-state index is -0.126. The van der Waals surface area contributed by atoms with Crippen LogP contribution in [0.25, 0.3) is 6.08 Å². The lowest BCUT2D eigenvalue weighted by atomic mass is 10.1. The van der Waals surface area contributed by atoms with E-state index in [1.54, 1.807) is 54.6 Å². The molecule has 20 heavy (non-hydrogen) atoms. The molecule has 3 heteroatoms. The summed E-state index contributed by atoms with van der Waals surface area (Å²) in [6.45, 7) is 0. The third kappa shape index (κ3) is 3.19. The van der Waals surface area contributed by atoms with E-state index in [1.807, 2.05) is 12.1 Å². The van der Waals surface area contributed by atoms with Crippen molar-refractivity contribution in [2.45, 2.75) is 0 Å². The Hall–Kier alpha value is -3.17. The monoisotopic (exact) mass is 258 g/mol. The number of rotatable bonds is 3. The largest absolute Gasteiger partial charge is 0.289 e. The van der Waals surface area contributed by atoms with Crippen LogP contribution in [0.15, 0.2) is 54.6 Å². The smallest absolute Gasteiger partial charge is 0.185 e. The maximum absolute atomic E-state index is 11.9. The molecule has 0 fully saturated rings. The van der Waals surface area contributed by atoms with Gasteiger partial charge in [0.25, 0.3) is 0 Å². The van der Waals surface area contributed by atoms with Crippen LogP contribution < -0.4 is 0 Å². The minimum absolute atomic E-state index is 0.126. The van der Waals surface area contributed by atoms with Gasteiger partial charge in [0, 0.05) is 5.56 Å². The van der Waals surface area contributed by atoms with E-state index < -0.39 is 0 Å². The van der Waals surface area contributed by atoms with Crippen LogP contribution in [-0.4, -0.2) is 5.78 Å². The van der Waals surface area contributed by atoms with E-state index in [0.29, 0.717) is 16.7 Å². The second kappa shape index (κ2) is 6.13. The Kier molecular flexibility index (Phi) is 4.07. The molecule has 0 bridgehead atoms. The van der Waals surface area contributed by atoms with E-state index in [0.717, 1.165) is 5.56 Å². The quantitative estimate of drug-likeness (QED) is 0.626. The minimum Gasteiger partial charge on any atom is -0.289 e. The lowest BCUT2D eigenvalue weighted by Crippen LogP contribution is -1.93. The van der Waals surface area contributed by atoms with Crippen molar-refractivity contribution in [1.29, 1.82) is 10.5 Å². The van der Waals surface area contributed by atoms with E-state index in [-0.39, 0.29) is 5.78 Å². The fourth-order valence-electron chi connectivity index (χ4n) is 1.65. The summed E-state index contributed by atoms with van der Waals surface area (Å²) in [6, 6.07) is 17.5. The third-order valence-electron chi connectivity index (χ3n) is 2.77. The van der Waals surface area contributed by atoms with Crippen LogP contribution in [0.4, 0.5) is 0 Å². The van der Waals surface area contributed by atoms with Crippen LogP contribution in [0.2, 0.25) is 0 Å². The van der Waals surface area contributed by atoms with Crippen LogP contribution >= 0.6 is 0 Å². The van der Waals surface area contributed by atoms with Crippen molar-refractivity contribution in [2.24, 2.45) is 0 Å². The van der Waals surface area contributed by atoms with Gasteiger partial charge in [0.05, 0.1) is 23.3 Å². The molecule has 3 nitrogen and oxygen atoms in total. The number of carbonyl (C=O) groups excluding carboxylic acids is 1. The average Bonchev–Trinajstić information content (AvgIpc) is 2.53. The lowest BCUT2D eigenvalue weighted by molar-refractivity contribution is 0.104. The standard InChI is InChI=1S/C17H10N2O/c18-11-14-3-1-13(2-4-14)7-10-17(20)16-8-5-15(12-19)6-9-16/h1-10H. The van der Waals surface area contributed by atoms with Crippen molar-refractivity contribution in [2.75, 3.05) is 0 Å². The second-order valence-electron chi connectivity index (χ2n) is 4.12. The lowest BCUT2D eigenvalue weighted by Gasteiger charge is -1.96. The number of benzene rings is 2. The first kappa shape index (κ1) is 13.3. The number of carbonyl (C=O) groups is 1. The molecule has 0 saturated carbocycles. The zero-order valence-corrected chi connectivity index (χ0v) is 10.6. The van der Waals surface area contributed by atoms with Gasteiger partial charge in [-0.25, -0.2) is 0 Å². The Morgan fingerprint density at radius 1 is 0.850 bits per heavy atom. The van der Waals surface area contributed by atoms with Gasteiger partial charge in [-0.05, 0) is 48.0 Å². The highest BCUT2D eigenvalue weighted by Crippen LogP contribution is 2.08. The van der Waals surface area contributed by atoms with Gasteiger partial charge in [0.2, 0.25) is 0 Å². The van der Waals surface area contributed by atoms with Gasteiger partial charge in [0.1, 0.15) is 0 Å². The summed E-state index contributed by atoms with van der Waals surface area (Å²) < 4.78 is 0. The fraction of sp³-hybridized carbons (Fsp3) is 0. The van der Waals surface area contributed by atoms with E-state index in [9.17, 15) is 4.79 Å². The molecule has 0 aliphatic rings. The van der Waals surface area contributed by atoms with E-state index in [1.165, 1.54) is 6.08 Å². The van der Waals surface area contributed by atoms with Crippen molar-refractivity contribution in [1.82, 2.24) is 0 Å². The van der Waals surface area contributed by atoms with Crippen molar-refractivity contribution in [3.05, 3.63) is 76.9 Å². The second-order valence-corrected chi connectivity index (χ2v) is 4.12. The highest BCUT2D eigenvalue weighted by Gasteiger charge is 2.01. The van der Waals surface area contributed by atoms with Gasteiger partial charge in [-0.2, -0.15) is 10.5 Å². The number of nitriles is 2. The maximum atomic E-state index is 11.9. The highest BCUT2D eigenvalue weighted by molar-refractivity contribution is 6.06. The number of ketones is 1. The Balaban J connectivity index is 2.11. The molecular weight excluding hydrogens is 248 g/mol. The van der Waals surface area contributed by atoms with Crippen molar-refractivity contribution in [3.8, 4) is 12.1 Å². The van der Waals surface area contributed by atoms with Gasteiger partial charge in [-0.3, -0.25) is 4.79 Å². The summed E-state index contributed by atoms with van der Waals surface area (Å²) in [6.07, 6.45) is 3.17. The SMILES string of the molecule is N#Cc1ccc(C=CC(=O)c2ccc(C#N)cc2)cc1. The molecule has 0 unspecified atom stereocenters. The first-order chi connectivity index (χ1) is 9.72. The van der Waals surface area contributed by atoms with Crippen LogP contribution in [-0.2, 0) is 0 Å². The third-order valence-corrected chi connectivity index (χ3v) is 2.77. The Bertz CT molecular complexity index is 727. The predicted octanol–water partition coefficient (Wildman–Crippen LogP) is 3.33. The Morgan fingerprint density at radius 3 is 1.85 bits per heavy atom. The zero-order valence-electron chi connectivity index (χ0n) is 10.6. The summed E-state index contributed by atoms with van der Waals surface area (Å²) in [5.74, 6) is -0.126. The van der Waals surface area contributed by atoms with Gasteiger partial charge >= 0.3 is 0 Å². The van der Waals surface area contributed by atoms with Gasteiger partial charge < -0.3 is 0 Å². The van der Waals surface area contributed by atoms with Gasteiger partial charge in [-0.1, -0.05) is 18.2 Å². The summed E-state index contributed by atoms with van der Waals surface area (Å²) in [7, 11) is 0. The molecule has 0 spiro atoms. The number of allylic oxidation sites excluding steroid dienone is 1. The first-order valence-corrected chi connectivity index (χ1v) is 5.95. The molecule has 0 radical (unpaired) electrons. The fourth-order valence-corrected chi connectivity index (χ4v) is 1.65. The molecular formula is C17H10N2O. The topological polar surface area (TPSA) is 64.7 Å². The zero-order chi connectivity index (χ0) is 14.4. The van der Waals surface area contributed by atoms with Crippen LogP contribution in [0.5, 0.6) is 0 Å². The molecule has 0 aromatic heterocycles. The van der Waals surface area contributed by atoms with Crippen molar-refractivity contribution < 1.29 is 4.79 Å². The molecule has 2 aromatic rings. The van der Waals surface area contributed by atoms with Gasteiger partial charge in [-0.15, -0.1) is 0 Å². The Labute approximate surface area is 117 Å². The molecule has 94 valence electrons. The first-order valence-electron chi connectivity index (χ1n) is 5.95. The number of hydrogen-bond donors (Lipinski definition) is 0. The molecule has 2 aromatic carbocycles. The summed E-state index contributed by atoms with van der Waals surface area (Å²) in [5, 5.41) is 17.4. The van der Waals surface area contributed by atoms with Crippen LogP contribution in [0.1, 0.15) is 27.0 Å². The molecule has 0 aliphatic carbocycles. The highest BCUT2D eigenvalue weighted by atomic mass is 16.1. The Morgan fingerprint density at radius 2 is 1.35 bits per heavy atom. The molecule has 0 heterocycles. The number of nitrogens with zero attached hydrogens (tertiary/aromatic N) is 2. The predicted molar refractivity (Wildman–Crippen MR) is 75.7 cm³/mol. The van der Waals surface area contributed by atoms with Crippen molar-refractivity contribution >= 4 is 11.9 Å². The molecule has 0 atom stereocenters. The summed E-state index contributed by atoms with van der Waals surface area (Å²) in [5.41, 5.74) is 2.50. The van der Waals surface area contributed by atoms with Gasteiger partial charge in [0.15, 0.2) is 5.78 Å². The molecule has 0 aliphatic heterocycles. The molecule has 0 saturated heterocycles. The van der Waals surface area contributed by atoms with Crippen molar-refractivity contribution in [3.63, 3.8) is 0 Å².